The molecule has 0 spiro atoms. The summed E-state index contributed by atoms with van der Waals surface area (Å²) in [6, 6.07) is 6.58. The summed E-state index contributed by atoms with van der Waals surface area (Å²) < 4.78 is 0.890. The SMILES string of the molecule is NC(Cc1ccc(Br)c2ncccc12)C(=O)O. The van der Waals surface area contributed by atoms with E-state index in [9.17, 15) is 4.79 Å². The summed E-state index contributed by atoms with van der Waals surface area (Å²) in [5, 5.41) is 9.75. The second-order valence-corrected chi connectivity index (χ2v) is 4.61. The van der Waals surface area contributed by atoms with E-state index in [-0.39, 0.29) is 0 Å². The van der Waals surface area contributed by atoms with E-state index in [0.29, 0.717) is 6.42 Å². The van der Waals surface area contributed by atoms with E-state index in [4.69, 9.17) is 10.8 Å². The second kappa shape index (κ2) is 4.81. The predicted octanol–water partition coefficient (Wildman–Crippen LogP) is 1.95. The van der Waals surface area contributed by atoms with E-state index >= 15 is 0 Å². The first-order valence-corrected chi connectivity index (χ1v) is 5.89. The molecule has 0 fully saturated rings. The van der Waals surface area contributed by atoms with Crippen LogP contribution in [0.4, 0.5) is 0 Å². The number of nitrogens with zero attached hydrogens (tertiary/aromatic N) is 1. The molecule has 3 N–H and O–H groups in total. The number of aliphatic carboxylic acids is 1. The Morgan fingerprint density at radius 2 is 2.24 bits per heavy atom. The normalized spacial score (nSPS) is 12.6. The van der Waals surface area contributed by atoms with Crippen LogP contribution >= 0.6 is 15.9 Å². The summed E-state index contributed by atoms with van der Waals surface area (Å²) in [4.78, 5) is 15.0. The molecule has 0 saturated heterocycles. The number of carboxylic acid groups (broad SMARTS) is 1. The fourth-order valence-electron chi connectivity index (χ4n) is 1.70. The van der Waals surface area contributed by atoms with Gasteiger partial charge in [-0.05, 0) is 40.0 Å². The zero-order valence-electron chi connectivity index (χ0n) is 8.93. The minimum Gasteiger partial charge on any atom is -0.480 e. The maximum Gasteiger partial charge on any atom is 0.320 e. The standard InChI is InChI=1S/C12H11BrN2O2/c13-9-4-3-7(6-10(14)12(16)17)8-2-1-5-15-11(8)9/h1-5,10H,6,14H2,(H,16,17). The van der Waals surface area contributed by atoms with E-state index in [1.807, 2.05) is 24.3 Å². The van der Waals surface area contributed by atoms with Gasteiger partial charge in [0, 0.05) is 16.1 Å². The summed E-state index contributed by atoms with van der Waals surface area (Å²) in [5.41, 5.74) is 7.26. The molecule has 88 valence electrons. The van der Waals surface area contributed by atoms with Crippen LogP contribution in [-0.4, -0.2) is 22.1 Å². The molecule has 0 saturated carbocycles. The van der Waals surface area contributed by atoms with Crippen molar-refractivity contribution in [3.05, 3.63) is 40.5 Å². The molecule has 0 amide bonds. The van der Waals surface area contributed by atoms with E-state index in [0.717, 1.165) is 20.9 Å². The monoisotopic (exact) mass is 294 g/mol. The van der Waals surface area contributed by atoms with Crippen LogP contribution in [0.15, 0.2) is 34.9 Å². The topological polar surface area (TPSA) is 76.2 Å². The van der Waals surface area contributed by atoms with Crippen LogP contribution in [0.5, 0.6) is 0 Å². The average molecular weight is 295 g/mol. The zero-order valence-corrected chi connectivity index (χ0v) is 10.5. The Balaban J connectivity index is 2.48. The molecular formula is C12H11BrN2O2. The molecule has 1 unspecified atom stereocenters. The van der Waals surface area contributed by atoms with Gasteiger partial charge in [-0.2, -0.15) is 0 Å². The van der Waals surface area contributed by atoms with Crippen molar-refractivity contribution in [1.82, 2.24) is 4.98 Å². The second-order valence-electron chi connectivity index (χ2n) is 3.75. The van der Waals surface area contributed by atoms with E-state index in [2.05, 4.69) is 20.9 Å². The van der Waals surface area contributed by atoms with Crippen LogP contribution in [0.2, 0.25) is 0 Å². The molecule has 1 heterocycles. The lowest BCUT2D eigenvalue weighted by Crippen LogP contribution is -2.32. The Hall–Kier alpha value is -1.46. The Morgan fingerprint density at radius 1 is 1.47 bits per heavy atom. The number of rotatable bonds is 3. The first kappa shape index (κ1) is 12.0. The summed E-state index contributed by atoms with van der Waals surface area (Å²) in [6.07, 6.45) is 2.00. The molecule has 2 aromatic rings. The smallest absolute Gasteiger partial charge is 0.320 e. The average Bonchev–Trinajstić information content (AvgIpc) is 2.33. The highest BCUT2D eigenvalue weighted by molar-refractivity contribution is 9.10. The molecule has 4 nitrogen and oxygen atoms in total. The summed E-state index contributed by atoms with van der Waals surface area (Å²) in [5.74, 6) is -0.995. The molecule has 17 heavy (non-hydrogen) atoms. The van der Waals surface area contributed by atoms with Gasteiger partial charge in [-0.15, -0.1) is 0 Å². The fraction of sp³-hybridized carbons (Fsp3) is 0.167. The molecule has 1 atom stereocenters. The van der Waals surface area contributed by atoms with Crippen molar-refractivity contribution >= 4 is 32.8 Å². The first-order valence-electron chi connectivity index (χ1n) is 5.10. The molecule has 0 radical (unpaired) electrons. The number of halogens is 1. The van der Waals surface area contributed by atoms with Gasteiger partial charge in [-0.1, -0.05) is 12.1 Å². The number of nitrogens with two attached hydrogens (primary N) is 1. The molecule has 0 aliphatic rings. The quantitative estimate of drug-likeness (QED) is 0.907. The molecule has 1 aromatic heterocycles. The number of carbonyl (C=O) groups is 1. The molecule has 0 aliphatic heterocycles. The fourth-order valence-corrected chi connectivity index (χ4v) is 2.15. The van der Waals surface area contributed by atoms with Gasteiger partial charge in [0.05, 0.1) is 5.52 Å². The van der Waals surface area contributed by atoms with Gasteiger partial charge in [0.2, 0.25) is 0 Å². The molecule has 2 rings (SSSR count). The third-order valence-electron chi connectivity index (χ3n) is 2.57. The minimum absolute atomic E-state index is 0.296. The minimum atomic E-state index is -0.995. The Kier molecular flexibility index (Phi) is 3.40. The highest BCUT2D eigenvalue weighted by atomic mass is 79.9. The lowest BCUT2D eigenvalue weighted by Gasteiger charge is -2.10. The van der Waals surface area contributed by atoms with Crippen molar-refractivity contribution < 1.29 is 9.90 Å². The number of hydrogen-bond donors (Lipinski definition) is 2. The number of benzene rings is 1. The number of pyridine rings is 1. The predicted molar refractivity (Wildman–Crippen MR) is 68.8 cm³/mol. The van der Waals surface area contributed by atoms with Crippen molar-refractivity contribution in [1.29, 1.82) is 0 Å². The van der Waals surface area contributed by atoms with Crippen LogP contribution in [0.1, 0.15) is 5.56 Å². The third kappa shape index (κ3) is 2.45. The van der Waals surface area contributed by atoms with Crippen molar-refractivity contribution in [2.75, 3.05) is 0 Å². The van der Waals surface area contributed by atoms with Gasteiger partial charge in [-0.25, -0.2) is 0 Å². The van der Waals surface area contributed by atoms with E-state index < -0.39 is 12.0 Å². The summed E-state index contributed by atoms with van der Waals surface area (Å²) >= 11 is 3.42. The van der Waals surface area contributed by atoms with Gasteiger partial charge in [-0.3, -0.25) is 9.78 Å². The van der Waals surface area contributed by atoms with Crippen LogP contribution in [0.25, 0.3) is 10.9 Å². The highest BCUT2D eigenvalue weighted by Gasteiger charge is 2.14. The van der Waals surface area contributed by atoms with Gasteiger partial charge < -0.3 is 10.8 Å². The molecule has 5 heteroatoms. The van der Waals surface area contributed by atoms with Crippen molar-refractivity contribution in [3.63, 3.8) is 0 Å². The maximum atomic E-state index is 10.8. The van der Waals surface area contributed by atoms with E-state index in [1.165, 1.54) is 0 Å². The Morgan fingerprint density at radius 3 is 2.94 bits per heavy atom. The van der Waals surface area contributed by atoms with Gasteiger partial charge in [0.25, 0.3) is 0 Å². The van der Waals surface area contributed by atoms with Crippen LogP contribution in [0, 0.1) is 0 Å². The van der Waals surface area contributed by atoms with Crippen molar-refractivity contribution in [3.8, 4) is 0 Å². The number of hydrogen-bond acceptors (Lipinski definition) is 3. The van der Waals surface area contributed by atoms with Gasteiger partial charge >= 0.3 is 5.97 Å². The van der Waals surface area contributed by atoms with Gasteiger partial charge in [0.1, 0.15) is 6.04 Å². The molecule has 0 bridgehead atoms. The Labute approximate surface area is 107 Å². The zero-order chi connectivity index (χ0) is 12.4. The van der Waals surface area contributed by atoms with Crippen molar-refractivity contribution in [2.45, 2.75) is 12.5 Å². The highest BCUT2D eigenvalue weighted by Crippen LogP contribution is 2.25. The summed E-state index contributed by atoms with van der Waals surface area (Å²) in [6.45, 7) is 0. The number of aromatic nitrogens is 1. The number of carboxylic acids is 1. The van der Waals surface area contributed by atoms with Crippen LogP contribution < -0.4 is 5.73 Å². The lowest BCUT2D eigenvalue weighted by atomic mass is 10.0. The summed E-state index contributed by atoms with van der Waals surface area (Å²) in [7, 11) is 0. The molecule has 0 aliphatic carbocycles. The largest absolute Gasteiger partial charge is 0.480 e. The maximum absolute atomic E-state index is 10.8. The number of fused-ring (bicyclic) bond motifs is 1. The first-order chi connectivity index (χ1) is 8.09. The Bertz CT molecular complexity index is 571. The lowest BCUT2D eigenvalue weighted by molar-refractivity contribution is -0.138. The van der Waals surface area contributed by atoms with Crippen LogP contribution in [-0.2, 0) is 11.2 Å². The van der Waals surface area contributed by atoms with Crippen molar-refractivity contribution in [2.24, 2.45) is 5.73 Å². The van der Waals surface area contributed by atoms with Crippen LogP contribution in [0.3, 0.4) is 0 Å². The molecule has 1 aromatic carbocycles. The molecular weight excluding hydrogens is 284 g/mol. The van der Waals surface area contributed by atoms with E-state index in [1.54, 1.807) is 6.20 Å². The third-order valence-corrected chi connectivity index (χ3v) is 3.21. The van der Waals surface area contributed by atoms with Gasteiger partial charge in [0.15, 0.2) is 0 Å².